The fourth-order valence-corrected chi connectivity index (χ4v) is 3.01. The van der Waals surface area contributed by atoms with E-state index in [-0.39, 0.29) is 18.0 Å². The zero-order valence-corrected chi connectivity index (χ0v) is 15.3. The van der Waals surface area contributed by atoms with E-state index in [9.17, 15) is 4.79 Å². The predicted molar refractivity (Wildman–Crippen MR) is 107 cm³/mol. The van der Waals surface area contributed by atoms with E-state index in [1.807, 2.05) is 43.3 Å². The van der Waals surface area contributed by atoms with Crippen LogP contribution in [0.25, 0.3) is 10.8 Å². The number of ether oxygens (including phenoxy) is 1. The molecule has 0 spiro atoms. The topological polar surface area (TPSA) is 50.4 Å². The quantitative estimate of drug-likeness (QED) is 0.688. The summed E-state index contributed by atoms with van der Waals surface area (Å²) >= 11 is 0. The van der Waals surface area contributed by atoms with Crippen LogP contribution in [-0.4, -0.2) is 19.1 Å². The van der Waals surface area contributed by atoms with Crippen LogP contribution in [0.15, 0.2) is 66.7 Å². The smallest absolute Gasteiger partial charge is 0.241 e. The van der Waals surface area contributed by atoms with Crippen molar-refractivity contribution in [1.29, 1.82) is 0 Å². The Kier molecular flexibility index (Phi) is 5.54. The molecule has 0 radical (unpaired) electrons. The van der Waals surface area contributed by atoms with Crippen molar-refractivity contribution in [3.05, 3.63) is 72.3 Å². The molecular weight excluding hydrogens is 324 g/mol. The highest BCUT2D eigenvalue weighted by Crippen LogP contribution is 2.24. The third kappa shape index (κ3) is 4.03. The lowest BCUT2D eigenvalue weighted by Gasteiger charge is -2.21. The first kappa shape index (κ1) is 18.0. The maximum Gasteiger partial charge on any atom is 0.241 e. The second-order valence-corrected chi connectivity index (χ2v) is 6.41. The third-order valence-electron chi connectivity index (χ3n) is 4.53. The Bertz CT molecular complexity index is 907. The molecule has 4 heteroatoms. The fraction of sp³-hybridized carbons (Fsp3) is 0.227. The van der Waals surface area contributed by atoms with Crippen molar-refractivity contribution in [2.24, 2.45) is 0 Å². The van der Waals surface area contributed by atoms with Crippen LogP contribution in [-0.2, 0) is 4.79 Å². The molecule has 0 bridgehead atoms. The summed E-state index contributed by atoms with van der Waals surface area (Å²) in [5.74, 6) is 0.553. The normalized spacial score (nSPS) is 13.2. The number of methoxy groups -OCH3 is 1. The SMILES string of the molecule is COc1ccccc1NC(=O)[C@@H](C)N[C@H](C)c1ccc2ccccc2c1. The molecule has 0 fully saturated rings. The molecule has 0 aliphatic rings. The van der Waals surface area contributed by atoms with Gasteiger partial charge in [0, 0.05) is 6.04 Å². The number of benzene rings is 3. The van der Waals surface area contributed by atoms with E-state index in [0.717, 1.165) is 5.56 Å². The molecule has 0 heterocycles. The molecule has 3 aromatic carbocycles. The van der Waals surface area contributed by atoms with Gasteiger partial charge in [0.05, 0.1) is 18.8 Å². The number of fused-ring (bicyclic) bond motifs is 1. The first-order valence-electron chi connectivity index (χ1n) is 8.77. The lowest BCUT2D eigenvalue weighted by molar-refractivity contribution is -0.117. The number of nitrogens with one attached hydrogen (secondary N) is 2. The average Bonchev–Trinajstić information content (AvgIpc) is 2.67. The van der Waals surface area contributed by atoms with E-state index >= 15 is 0 Å². The van der Waals surface area contributed by atoms with Gasteiger partial charge in [0.2, 0.25) is 5.91 Å². The van der Waals surface area contributed by atoms with Crippen molar-refractivity contribution < 1.29 is 9.53 Å². The highest BCUT2D eigenvalue weighted by molar-refractivity contribution is 5.95. The molecular formula is C22H24N2O2. The minimum atomic E-state index is -0.346. The number of hydrogen-bond donors (Lipinski definition) is 2. The molecule has 0 aliphatic heterocycles. The highest BCUT2D eigenvalue weighted by atomic mass is 16.5. The maximum atomic E-state index is 12.5. The lowest BCUT2D eigenvalue weighted by Crippen LogP contribution is -2.39. The molecule has 26 heavy (non-hydrogen) atoms. The van der Waals surface area contributed by atoms with Crippen LogP contribution >= 0.6 is 0 Å². The van der Waals surface area contributed by atoms with Gasteiger partial charge in [-0.15, -0.1) is 0 Å². The highest BCUT2D eigenvalue weighted by Gasteiger charge is 2.17. The van der Waals surface area contributed by atoms with Crippen LogP contribution in [0, 0.1) is 0 Å². The first-order valence-corrected chi connectivity index (χ1v) is 8.77. The van der Waals surface area contributed by atoms with Gasteiger partial charge in [-0.2, -0.15) is 0 Å². The summed E-state index contributed by atoms with van der Waals surface area (Å²) in [6.45, 7) is 3.93. The van der Waals surface area contributed by atoms with Crippen LogP contribution in [0.4, 0.5) is 5.69 Å². The maximum absolute atomic E-state index is 12.5. The summed E-state index contributed by atoms with van der Waals surface area (Å²) in [6.07, 6.45) is 0. The Morgan fingerprint density at radius 3 is 2.38 bits per heavy atom. The Morgan fingerprint density at radius 2 is 1.62 bits per heavy atom. The minimum Gasteiger partial charge on any atom is -0.495 e. The molecule has 0 saturated heterocycles. The number of carbonyl (C=O) groups excluding carboxylic acids is 1. The lowest BCUT2D eigenvalue weighted by atomic mass is 10.0. The van der Waals surface area contributed by atoms with Gasteiger partial charge in [-0.25, -0.2) is 0 Å². The molecule has 134 valence electrons. The molecule has 4 nitrogen and oxygen atoms in total. The van der Waals surface area contributed by atoms with Crippen LogP contribution in [0.2, 0.25) is 0 Å². The van der Waals surface area contributed by atoms with Crippen molar-refractivity contribution in [3.8, 4) is 5.75 Å². The van der Waals surface area contributed by atoms with E-state index < -0.39 is 0 Å². The number of rotatable bonds is 6. The molecule has 0 unspecified atom stereocenters. The molecule has 0 aromatic heterocycles. The Morgan fingerprint density at radius 1 is 0.923 bits per heavy atom. The minimum absolute atomic E-state index is 0.0537. The average molecular weight is 348 g/mol. The molecule has 3 aromatic rings. The van der Waals surface area contributed by atoms with Gasteiger partial charge in [0.15, 0.2) is 0 Å². The number of anilines is 1. The standard InChI is InChI=1S/C22H24N2O2/c1-15(18-13-12-17-8-4-5-9-19(17)14-18)23-16(2)22(25)24-20-10-6-7-11-21(20)26-3/h4-16,23H,1-3H3,(H,24,25)/t15-,16-/m1/s1. The summed E-state index contributed by atoms with van der Waals surface area (Å²) in [5.41, 5.74) is 1.83. The molecule has 3 rings (SSSR count). The van der Waals surface area contributed by atoms with Gasteiger partial charge in [0.25, 0.3) is 0 Å². The Hall–Kier alpha value is -2.85. The van der Waals surface area contributed by atoms with Crippen molar-refractivity contribution in [2.45, 2.75) is 25.9 Å². The molecule has 0 aliphatic carbocycles. The van der Waals surface area contributed by atoms with Crippen LogP contribution in [0.5, 0.6) is 5.75 Å². The second-order valence-electron chi connectivity index (χ2n) is 6.41. The van der Waals surface area contributed by atoms with Crippen LogP contribution < -0.4 is 15.4 Å². The van der Waals surface area contributed by atoms with Gasteiger partial charge < -0.3 is 10.1 Å². The summed E-state index contributed by atoms with van der Waals surface area (Å²) < 4.78 is 5.28. The largest absolute Gasteiger partial charge is 0.495 e. The summed E-state index contributed by atoms with van der Waals surface area (Å²) in [6, 6.07) is 21.8. The van der Waals surface area contributed by atoms with E-state index in [4.69, 9.17) is 4.74 Å². The Balaban J connectivity index is 1.67. The van der Waals surface area contributed by atoms with E-state index in [2.05, 4.69) is 47.9 Å². The summed E-state index contributed by atoms with van der Waals surface area (Å²) in [7, 11) is 1.59. The third-order valence-corrected chi connectivity index (χ3v) is 4.53. The van der Waals surface area contributed by atoms with Crippen LogP contribution in [0.3, 0.4) is 0 Å². The monoisotopic (exact) mass is 348 g/mol. The van der Waals surface area contributed by atoms with Gasteiger partial charge in [-0.05, 0) is 48.4 Å². The number of amides is 1. The van der Waals surface area contributed by atoms with Gasteiger partial charge in [0.1, 0.15) is 5.75 Å². The first-order chi connectivity index (χ1) is 12.6. The second kappa shape index (κ2) is 8.02. The summed E-state index contributed by atoms with van der Waals surface area (Å²) in [5, 5.41) is 8.70. The van der Waals surface area contributed by atoms with Gasteiger partial charge in [-0.1, -0.05) is 48.5 Å². The van der Waals surface area contributed by atoms with Crippen molar-refractivity contribution in [3.63, 3.8) is 0 Å². The number of para-hydroxylation sites is 2. The fourth-order valence-electron chi connectivity index (χ4n) is 3.01. The zero-order chi connectivity index (χ0) is 18.5. The van der Waals surface area contributed by atoms with Gasteiger partial charge in [-0.3, -0.25) is 10.1 Å². The number of hydrogen-bond acceptors (Lipinski definition) is 3. The molecule has 1 amide bonds. The van der Waals surface area contributed by atoms with E-state index in [1.54, 1.807) is 7.11 Å². The van der Waals surface area contributed by atoms with Crippen molar-refractivity contribution >= 4 is 22.4 Å². The number of carbonyl (C=O) groups is 1. The molecule has 2 N–H and O–H groups in total. The van der Waals surface area contributed by atoms with Crippen LogP contribution in [0.1, 0.15) is 25.5 Å². The summed E-state index contributed by atoms with van der Waals surface area (Å²) in [4.78, 5) is 12.5. The predicted octanol–water partition coefficient (Wildman–Crippen LogP) is 4.53. The zero-order valence-electron chi connectivity index (χ0n) is 15.3. The van der Waals surface area contributed by atoms with E-state index in [0.29, 0.717) is 11.4 Å². The molecule has 0 saturated carbocycles. The van der Waals surface area contributed by atoms with Gasteiger partial charge >= 0.3 is 0 Å². The van der Waals surface area contributed by atoms with Crippen molar-refractivity contribution in [2.75, 3.05) is 12.4 Å². The molecule has 2 atom stereocenters. The van der Waals surface area contributed by atoms with Crippen molar-refractivity contribution in [1.82, 2.24) is 5.32 Å². The Labute approximate surface area is 154 Å². The van der Waals surface area contributed by atoms with E-state index in [1.165, 1.54) is 10.8 Å².